The molecule has 220 valence electrons. The van der Waals surface area contributed by atoms with Gasteiger partial charge in [0.05, 0.1) is 16.3 Å². The van der Waals surface area contributed by atoms with E-state index < -0.39 is 0 Å². The Labute approximate surface area is 275 Å². The van der Waals surface area contributed by atoms with Crippen LogP contribution in [0.2, 0.25) is 0 Å². The molecule has 47 heavy (non-hydrogen) atoms. The zero-order chi connectivity index (χ0) is 30.9. The zero-order valence-electron chi connectivity index (χ0n) is 25.2. The average molecular weight is 619 g/mol. The molecular weight excluding hydrogens is 593 g/mol. The van der Waals surface area contributed by atoms with Gasteiger partial charge in [-0.05, 0) is 47.5 Å². The molecule has 1 aliphatic rings. The third-order valence-corrected chi connectivity index (χ3v) is 10.4. The minimum atomic E-state index is 0.874. The van der Waals surface area contributed by atoms with Gasteiger partial charge in [-0.1, -0.05) is 115 Å². The number of aromatic nitrogens is 1. The van der Waals surface area contributed by atoms with E-state index in [0.717, 1.165) is 55.3 Å². The van der Waals surface area contributed by atoms with Crippen LogP contribution < -0.4 is 4.90 Å². The Balaban J connectivity index is 1.19. The van der Waals surface area contributed by atoms with Gasteiger partial charge in [0.15, 0.2) is 0 Å². The van der Waals surface area contributed by atoms with Crippen LogP contribution in [0.15, 0.2) is 162 Å². The SMILES string of the molecule is c1ccc(-c2cccc(N(c3ccc4c(c3)oc3ccccc34)c3ccc4c5c(cccc35)-c3sc(-c5ccccc5)nc3-4)c2)cc1. The van der Waals surface area contributed by atoms with Crippen LogP contribution in [0.3, 0.4) is 0 Å². The summed E-state index contributed by atoms with van der Waals surface area (Å²) in [7, 11) is 0. The molecule has 7 aromatic carbocycles. The summed E-state index contributed by atoms with van der Waals surface area (Å²) in [4.78, 5) is 8.80. The first-order chi connectivity index (χ1) is 23.3. The van der Waals surface area contributed by atoms with E-state index >= 15 is 0 Å². The Bertz CT molecular complexity index is 2610. The van der Waals surface area contributed by atoms with Crippen LogP contribution in [0.4, 0.5) is 17.1 Å². The Hall–Kier alpha value is -5.97. The van der Waals surface area contributed by atoms with Crippen LogP contribution in [-0.2, 0) is 0 Å². The molecule has 0 atom stereocenters. The molecule has 0 spiro atoms. The number of benzene rings is 7. The molecule has 10 rings (SSSR count). The molecule has 0 aliphatic heterocycles. The number of furan rings is 1. The van der Waals surface area contributed by atoms with E-state index in [1.165, 1.54) is 37.9 Å². The van der Waals surface area contributed by atoms with Crippen molar-refractivity contribution in [2.24, 2.45) is 0 Å². The smallest absolute Gasteiger partial charge is 0.137 e. The minimum absolute atomic E-state index is 0.874. The molecule has 0 N–H and O–H groups in total. The molecule has 2 heterocycles. The van der Waals surface area contributed by atoms with Crippen molar-refractivity contribution in [1.82, 2.24) is 4.98 Å². The Morgan fingerprint density at radius 1 is 0.489 bits per heavy atom. The number of hydrogen-bond acceptors (Lipinski definition) is 4. The quantitative estimate of drug-likeness (QED) is 0.192. The van der Waals surface area contributed by atoms with Crippen LogP contribution in [0.1, 0.15) is 0 Å². The number of nitrogens with zero attached hydrogens (tertiary/aromatic N) is 2. The summed E-state index contributed by atoms with van der Waals surface area (Å²) in [6.45, 7) is 0. The molecule has 0 saturated carbocycles. The second-order valence-corrected chi connectivity index (χ2v) is 13.0. The number of anilines is 3. The first-order valence-electron chi connectivity index (χ1n) is 15.8. The van der Waals surface area contributed by atoms with Crippen molar-refractivity contribution >= 4 is 61.1 Å². The predicted octanol–water partition coefficient (Wildman–Crippen LogP) is 12.6. The topological polar surface area (TPSA) is 29.3 Å². The third kappa shape index (κ3) is 4.09. The van der Waals surface area contributed by atoms with E-state index in [2.05, 4.69) is 150 Å². The second kappa shape index (κ2) is 10.3. The summed E-state index contributed by atoms with van der Waals surface area (Å²) in [6, 6.07) is 55.9. The van der Waals surface area contributed by atoms with Crippen LogP contribution >= 0.6 is 11.3 Å². The third-order valence-electron chi connectivity index (χ3n) is 9.24. The molecule has 3 nitrogen and oxygen atoms in total. The number of thiazole rings is 1. The van der Waals surface area contributed by atoms with Gasteiger partial charge in [0.2, 0.25) is 0 Å². The van der Waals surface area contributed by atoms with E-state index in [1.54, 1.807) is 11.3 Å². The van der Waals surface area contributed by atoms with Crippen LogP contribution in [-0.4, -0.2) is 4.98 Å². The average Bonchev–Trinajstić information content (AvgIpc) is 3.82. The Morgan fingerprint density at radius 3 is 2.06 bits per heavy atom. The summed E-state index contributed by atoms with van der Waals surface area (Å²) < 4.78 is 6.39. The van der Waals surface area contributed by atoms with E-state index in [0.29, 0.717) is 0 Å². The molecule has 0 amide bonds. The van der Waals surface area contributed by atoms with Gasteiger partial charge in [-0.3, -0.25) is 0 Å². The minimum Gasteiger partial charge on any atom is -0.456 e. The summed E-state index contributed by atoms with van der Waals surface area (Å²) in [5.41, 5.74) is 12.0. The molecule has 1 aliphatic carbocycles. The summed E-state index contributed by atoms with van der Waals surface area (Å²) >= 11 is 1.78. The molecule has 0 unspecified atom stereocenters. The normalized spacial score (nSPS) is 11.8. The van der Waals surface area contributed by atoms with Crippen molar-refractivity contribution in [3.63, 3.8) is 0 Å². The highest BCUT2D eigenvalue weighted by molar-refractivity contribution is 7.19. The van der Waals surface area contributed by atoms with Crippen molar-refractivity contribution in [3.05, 3.63) is 158 Å². The molecule has 0 radical (unpaired) electrons. The zero-order valence-corrected chi connectivity index (χ0v) is 26.0. The maximum absolute atomic E-state index is 6.39. The highest BCUT2D eigenvalue weighted by Gasteiger charge is 2.29. The van der Waals surface area contributed by atoms with Crippen molar-refractivity contribution < 1.29 is 4.42 Å². The van der Waals surface area contributed by atoms with Gasteiger partial charge in [-0.2, -0.15) is 0 Å². The predicted molar refractivity (Wildman–Crippen MR) is 197 cm³/mol. The van der Waals surface area contributed by atoms with E-state index in [9.17, 15) is 0 Å². The number of hydrogen-bond donors (Lipinski definition) is 0. The first kappa shape index (κ1) is 26.3. The maximum atomic E-state index is 6.39. The largest absolute Gasteiger partial charge is 0.456 e. The van der Waals surface area contributed by atoms with Crippen molar-refractivity contribution in [1.29, 1.82) is 0 Å². The van der Waals surface area contributed by atoms with Gasteiger partial charge in [-0.15, -0.1) is 11.3 Å². The molecule has 4 heteroatoms. The van der Waals surface area contributed by atoms with E-state index in [1.807, 2.05) is 12.1 Å². The van der Waals surface area contributed by atoms with Gasteiger partial charge < -0.3 is 9.32 Å². The standard InChI is InChI=1S/C43H26N2OS/c1-3-11-27(12-4-1)29-15-9-16-30(25-29)45(31-21-22-33-32-17-7-8-20-38(32)46-39(33)26-31)37-24-23-35-40-34(37)18-10-19-36(40)42-41(35)44-43(47-42)28-13-5-2-6-14-28/h1-26H. The summed E-state index contributed by atoms with van der Waals surface area (Å²) in [5.74, 6) is 0. The lowest BCUT2D eigenvalue weighted by Crippen LogP contribution is -2.10. The molecule has 2 aromatic heterocycles. The lowest BCUT2D eigenvalue weighted by atomic mass is 10.00. The van der Waals surface area contributed by atoms with Gasteiger partial charge >= 0.3 is 0 Å². The van der Waals surface area contributed by atoms with Gasteiger partial charge in [-0.25, -0.2) is 4.98 Å². The number of rotatable bonds is 5. The highest BCUT2D eigenvalue weighted by Crippen LogP contribution is 2.54. The van der Waals surface area contributed by atoms with Crippen molar-refractivity contribution in [3.8, 4) is 43.4 Å². The van der Waals surface area contributed by atoms with E-state index in [4.69, 9.17) is 9.40 Å². The maximum Gasteiger partial charge on any atom is 0.137 e. The fourth-order valence-corrected chi connectivity index (χ4v) is 8.21. The Morgan fingerprint density at radius 2 is 1.19 bits per heavy atom. The van der Waals surface area contributed by atoms with Crippen LogP contribution in [0.5, 0.6) is 0 Å². The van der Waals surface area contributed by atoms with E-state index in [-0.39, 0.29) is 0 Å². The van der Waals surface area contributed by atoms with Crippen LogP contribution in [0, 0.1) is 0 Å². The first-order valence-corrected chi connectivity index (χ1v) is 16.6. The number of fused-ring (bicyclic) bond motifs is 6. The summed E-state index contributed by atoms with van der Waals surface area (Å²) in [6.07, 6.45) is 0. The van der Waals surface area contributed by atoms with Gasteiger partial charge in [0.1, 0.15) is 16.2 Å². The van der Waals surface area contributed by atoms with Crippen molar-refractivity contribution in [2.75, 3.05) is 4.90 Å². The molecule has 0 saturated heterocycles. The summed E-state index contributed by atoms with van der Waals surface area (Å²) in [5, 5.41) is 5.76. The van der Waals surface area contributed by atoms with Gasteiger partial charge in [0.25, 0.3) is 0 Å². The fourth-order valence-electron chi connectivity index (χ4n) is 7.10. The second-order valence-electron chi connectivity index (χ2n) is 12.0. The fraction of sp³-hybridized carbons (Fsp3) is 0. The number of para-hydroxylation sites is 1. The monoisotopic (exact) mass is 618 g/mol. The molecule has 0 fully saturated rings. The molecular formula is C43H26N2OS. The molecule has 9 aromatic rings. The van der Waals surface area contributed by atoms with Gasteiger partial charge in [0, 0.05) is 55.7 Å². The molecule has 0 bridgehead atoms. The van der Waals surface area contributed by atoms with Crippen molar-refractivity contribution in [2.45, 2.75) is 0 Å². The lowest BCUT2D eigenvalue weighted by Gasteiger charge is -2.27. The Kier molecular flexibility index (Phi) is 5.74. The highest BCUT2D eigenvalue weighted by atomic mass is 32.1. The van der Waals surface area contributed by atoms with Crippen LogP contribution in [0.25, 0.3) is 76.1 Å². The lowest BCUT2D eigenvalue weighted by molar-refractivity contribution is 0.669.